The van der Waals surface area contributed by atoms with Gasteiger partial charge in [-0.05, 0) is 70.8 Å². The van der Waals surface area contributed by atoms with E-state index in [0.29, 0.717) is 0 Å². The molecule has 0 unspecified atom stereocenters. The first-order valence-corrected chi connectivity index (χ1v) is 16.1. The zero-order valence-corrected chi connectivity index (χ0v) is 25.0. The van der Waals surface area contributed by atoms with Crippen LogP contribution < -0.4 is 0 Å². The smallest absolute Gasteiger partial charge is 0.136 e. The first kappa shape index (κ1) is 24.8. The summed E-state index contributed by atoms with van der Waals surface area (Å²) in [4.78, 5) is 0. The van der Waals surface area contributed by atoms with Crippen molar-refractivity contribution in [1.29, 1.82) is 0 Å². The Morgan fingerprint density at radius 3 is 1.98 bits per heavy atom. The number of nitrogens with zero attached hydrogens (tertiary/aromatic N) is 1. The van der Waals surface area contributed by atoms with Crippen molar-refractivity contribution in [3.63, 3.8) is 0 Å². The van der Waals surface area contributed by atoms with E-state index in [9.17, 15) is 0 Å². The van der Waals surface area contributed by atoms with Crippen molar-refractivity contribution in [1.82, 2.24) is 4.57 Å². The summed E-state index contributed by atoms with van der Waals surface area (Å²) in [6.07, 6.45) is 0. The van der Waals surface area contributed by atoms with Gasteiger partial charge in [0.25, 0.3) is 0 Å². The fourth-order valence-corrected chi connectivity index (χ4v) is 8.27. The molecule has 45 heavy (non-hydrogen) atoms. The third-order valence-electron chi connectivity index (χ3n) is 9.21. The van der Waals surface area contributed by atoms with Gasteiger partial charge in [-0.3, -0.25) is 0 Å². The minimum absolute atomic E-state index is 0.924. The average Bonchev–Trinajstić information content (AvgIpc) is 3.77. The maximum Gasteiger partial charge on any atom is 0.136 e. The highest BCUT2D eigenvalue weighted by molar-refractivity contribution is 7.26. The highest BCUT2D eigenvalue weighted by Gasteiger charge is 2.18. The van der Waals surface area contributed by atoms with Gasteiger partial charge in [-0.15, -0.1) is 11.3 Å². The monoisotopic (exact) mass is 591 g/mol. The van der Waals surface area contributed by atoms with Crippen LogP contribution in [0.2, 0.25) is 0 Å². The number of thiophene rings is 1. The summed E-state index contributed by atoms with van der Waals surface area (Å²) in [5.74, 6) is 0. The predicted molar refractivity (Wildman–Crippen MR) is 192 cm³/mol. The molecule has 0 aliphatic heterocycles. The third-order valence-corrected chi connectivity index (χ3v) is 10.4. The van der Waals surface area contributed by atoms with Crippen molar-refractivity contribution in [3.8, 4) is 27.9 Å². The van der Waals surface area contributed by atoms with Crippen LogP contribution in [0.4, 0.5) is 0 Å². The Kier molecular flexibility index (Phi) is 5.19. The first-order valence-electron chi connectivity index (χ1n) is 15.3. The lowest BCUT2D eigenvalue weighted by atomic mass is 10.0. The van der Waals surface area contributed by atoms with Gasteiger partial charge in [0.15, 0.2) is 0 Å². The Labute approximate surface area is 263 Å². The lowest BCUT2D eigenvalue weighted by Crippen LogP contribution is -1.94. The SMILES string of the molecule is c1ccc(-c2ccc3c4ccccc4n(-c4cccc5c4sc4ccc(-c6ccc7c(c6)oc6ccccc67)cc45)c3c2)cc1. The predicted octanol–water partition coefficient (Wildman–Crippen LogP) is 12.4. The van der Waals surface area contributed by atoms with E-state index < -0.39 is 0 Å². The number of hydrogen-bond donors (Lipinski definition) is 0. The molecule has 0 saturated carbocycles. The van der Waals surface area contributed by atoms with Gasteiger partial charge >= 0.3 is 0 Å². The minimum Gasteiger partial charge on any atom is -0.456 e. The molecule has 0 aliphatic carbocycles. The number of hydrogen-bond acceptors (Lipinski definition) is 2. The van der Waals surface area contributed by atoms with Crippen LogP contribution in [-0.4, -0.2) is 4.57 Å². The van der Waals surface area contributed by atoms with Crippen LogP contribution >= 0.6 is 11.3 Å². The molecule has 3 aromatic heterocycles. The van der Waals surface area contributed by atoms with E-state index in [1.807, 2.05) is 23.5 Å². The van der Waals surface area contributed by atoms with Crippen molar-refractivity contribution < 1.29 is 4.42 Å². The minimum atomic E-state index is 0.924. The van der Waals surface area contributed by atoms with E-state index in [0.717, 1.165) is 27.5 Å². The third kappa shape index (κ3) is 3.68. The highest BCUT2D eigenvalue weighted by atomic mass is 32.1. The molecule has 3 heteroatoms. The fourth-order valence-electron chi connectivity index (χ4n) is 7.08. The second kappa shape index (κ2) is 9.43. The molecule has 10 rings (SSSR count). The van der Waals surface area contributed by atoms with Gasteiger partial charge in [-0.2, -0.15) is 0 Å². The Balaban J connectivity index is 1.18. The molecule has 2 nitrogen and oxygen atoms in total. The van der Waals surface area contributed by atoms with Gasteiger partial charge in [0.1, 0.15) is 11.2 Å². The standard InChI is InChI=1S/C42H25NOS/c1-2-9-26(10-3-1)28-17-20-31-30-11-4-6-14-36(30)43(38(31)24-28)37-15-8-13-34-35-23-27(19-22-41(35)45-42(34)37)29-18-21-33-32-12-5-7-16-39(32)44-40(33)25-29/h1-25H. The van der Waals surface area contributed by atoms with E-state index in [1.54, 1.807) is 0 Å². The number of benzene rings is 7. The molecule has 3 heterocycles. The molecule has 7 aromatic carbocycles. The first-order chi connectivity index (χ1) is 22.3. The maximum absolute atomic E-state index is 6.22. The Morgan fingerprint density at radius 1 is 0.400 bits per heavy atom. The second-order valence-corrected chi connectivity index (χ2v) is 12.8. The number of furan rings is 1. The van der Waals surface area contributed by atoms with Gasteiger partial charge in [0.2, 0.25) is 0 Å². The summed E-state index contributed by atoms with van der Waals surface area (Å²) >= 11 is 1.87. The Bertz CT molecular complexity index is 2760. The zero-order chi connectivity index (χ0) is 29.5. The van der Waals surface area contributed by atoms with E-state index >= 15 is 0 Å². The summed E-state index contributed by atoms with van der Waals surface area (Å²) < 4.78 is 11.3. The number of aromatic nitrogens is 1. The topological polar surface area (TPSA) is 18.1 Å². The molecule has 0 amide bonds. The molecule has 0 fully saturated rings. The summed E-state index contributed by atoms with van der Waals surface area (Å²) in [7, 11) is 0. The van der Waals surface area contributed by atoms with E-state index in [1.165, 1.54) is 64.4 Å². The molecule has 0 radical (unpaired) electrons. The molecule has 210 valence electrons. The lowest BCUT2D eigenvalue weighted by Gasteiger charge is -2.10. The number of fused-ring (bicyclic) bond motifs is 9. The molecule has 0 saturated heterocycles. The molecular weight excluding hydrogens is 567 g/mol. The molecule has 0 spiro atoms. The maximum atomic E-state index is 6.22. The summed E-state index contributed by atoms with van der Waals surface area (Å²) in [6, 6.07) is 54.8. The largest absolute Gasteiger partial charge is 0.456 e. The van der Waals surface area contributed by atoms with Crippen LogP contribution in [-0.2, 0) is 0 Å². The zero-order valence-electron chi connectivity index (χ0n) is 24.2. The van der Waals surface area contributed by atoms with Crippen LogP contribution in [0.15, 0.2) is 156 Å². The molecule has 0 aliphatic rings. The number of rotatable bonds is 3. The van der Waals surface area contributed by atoms with Crippen molar-refractivity contribution >= 4 is 75.3 Å². The van der Waals surface area contributed by atoms with Gasteiger partial charge in [0, 0.05) is 37.0 Å². The lowest BCUT2D eigenvalue weighted by molar-refractivity contribution is 0.669. The van der Waals surface area contributed by atoms with Crippen LogP contribution in [0.5, 0.6) is 0 Å². The van der Waals surface area contributed by atoms with Crippen LogP contribution in [0.3, 0.4) is 0 Å². The van der Waals surface area contributed by atoms with E-state index in [-0.39, 0.29) is 0 Å². The number of para-hydroxylation sites is 2. The summed E-state index contributed by atoms with van der Waals surface area (Å²) in [5.41, 5.74) is 10.3. The van der Waals surface area contributed by atoms with Crippen molar-refractivity contribution in [2.75, 3.05) is 0 Å². The Morgan fingerprint density at radius 2 is 1.07 bits per heavy atom. The van der Waals surface area contributed by atoms with Crippen LogP contribution in [0, 0.1) is 0 Å². The second-order valence-electron chi connectivity index (χ2n) is 11.7. The van der Waals surface area contributed by atoms with Gasteiger partial charge in [0.05, 0.1) is 21.4 Å². The molecule has 10 aromatic rings. The van der Waals surface area contributed by atoms with Crippen molar-refractivity contribution in [2.45, 2.75) is 0 Å². The van der Waals surface area contributed by atoms with Crippen molar-refractivity contribution in [3.05, 3.63) is 152 Å². The molecular formula is C42H25NOS. The fraction of sp³-hybridized carbons (Fsp3) is 0. The average molecular weight is 592 g/mol. The van der Waals surface area contributed by atoms with Crippen LogP contribution in [0.25, 0.3) is 91.9 Å². The highest BCUT2D eigenvalue weighted by Crippen LogP contribution is 2.43. The molecule has 0 atom stereocenters. The molecule has 0 bridgehead atoms. The Hall–Kier alpha value is -5.64. The van der Waals surface area contributed by atoms with E-state index in [4.69, 9.17) is 4.42 Å². The quantitative estimate of drug-likeness (QED) is 0.200. The molecule has 0 N–H and O–H groups in total. The summed E-state index contributed by atoms with van der Waals surface area (Å²) in [5, 5.41) is 7.42. The van der Waals surface area contributed by atoms with E-state index in [2.05, 4.69) is 144 Å². The van der Waals surface area contributed by atoms with Gasteiger partial charge in [-0.25, -0.2) is 0 Å². The van der Waals surface area contributed by atoms with Gasteiger partial charge < -0.3 is 8.98 Å². The van der Waals surface area contributed by atoms with Crippen molar-refractivity contribution in [2.24, 2.45) is 0 Å². The van der Waals surface area contributed by atoms with Gasteiger partial charge in [-0.1, -0.05) is 103 Å². The van der Waals surface area contributed by atoms with Crippen LogP contribution in [0.1, 0.15) is 0 Å². The summed E-state index contributed by atoms with van der Waals surface area (Å²) in [6.45, 7) is 0. The normalized spacial score (nSPS) is 12.0.